The number of hydrogen-bond acceptors (Lipinski definition) is 4. The number of rotatable bonds is 4. The SMILES string of the molecule is NCC1CN(CC(=O)Nc2cccc(Cl)c2Cl)CCO1. The molecule has 7 heteroatoms. The standard InChI is InChI=1S/C13H17Cl2N3O2/c14-10-2-1-3-11(13(10)15)17-12(19)8-18-4-5-20-9(6-16)7-18/h1-3,9H,4-8,16H2,(H,17,19). The quantitative estimate of drug-likeness (QED) is 0.885. The molecule has 1 saturated heterocycles. The van der Waals surface area contributed by atoms with Crippen LogP contribution in [0.4, 0.5) is 5.69 Å². The van der Waals surface area contributed by atoms with Gasteiger partial charge in [0.25, 0.3) is 0 Å². The van der Waals surface area contributed by atoms with Crippen molar-refractivity contribution in [1.82, 2.24) is 4.90 Å². The van der Waals surface area contributed by atoms with Gasteiger partial charge in [0.05, 0.1) is 35.0 Å². The first-order valence-electron chi connectivity index (χ1n) is 6.38. The van der Waals surface area contributed by atoms with Gasteiger partial charge in [0, 0.05) is 19.6 Å². The minimum Gasteiger partial charge on any atom is -0.374 e. The van der Waals surface area contributed by atoms with E-state index in [4.69, 9.17) is 33.7 Å². The molecule has 1 fully saturated rings. The van der Waals surface area contributed by atoms with E-state index in [1.165, 1.54) is 0 Å². The molecular formula is C13H17Cl2N3O2. The second kappa shape index (κ2) is 7.24. The van der Waals surface area contributed by atoms with Gasteiger partial charge in [-0.2, -0.15) is 0 Å². The zero-order valence-electron chi connectivity index (χ0n) is 10.9. The number of nitrogens with one attached hydrogen (secondary N) is 1. The summed E-state index contributed by atoms with van der Waals surface area (Å²) in [5.41, 5.74) is 6.09. The molecule has 20 heavy (non-hydrogen) atoms. The van der Waals surface area contributed by atoms with Gasteiger partial charge in [-0.15, -0.1) is 0 Å². The van der Waals surface area contributed by atoms with E-state index < -0.39 is 0 Å². The average molecular weight is 318 g/mol. The Labute approximate surface area is 128 Å². The Hall–Kier alpha value is -0.850. The van der Waals surface area contributed by atoms with E-state index >= 15 is 0 Å². The zero-order valence-corrected chi connectivity index (χ0v) is 12.5. The number of amides is 1. The highest BCUT2D eigenvalue weighted by atomic mass is 35.5. The normalized spacial score (nSPS) is 19.9. The molecule has 3 N–H and O–H groups in total. The Morgan fingerprint density at radius 3 is 3.05 bits per heavy atom. The van der Waals surface area contributed by atoms with Crippen molar-refractivity contribution in [2.24, 2.45) is 5.73 Å². The Morgan fingerprint density at radius 1 is 1.50 bits per heavy atom. The van der Waals surface area contributed by atoms with Crippen molar-refractivity contribution in [2.75, 3.05) is 38.1 Å². The van der Waals surface area contributed by atoms with Gasteiger partial charge < -0.3 is 15.8 Å². The molecule has 1 unspecified atom stereocenters. The lowest BCUT2D eigenvalue weighted by atomic mass is 10.2. The van der Waals surface area contributed by atoms with Crippen molar-refractivity contribution in [3.63, 3.8) is 0 Å². The molecule has 1 aliphatic heterocycles. The number of carbonyl (C=O) groups is 1. The molecule has 0 aliphatic carbocycles. The molecule has 0 spiro atoms. The summed E-state index contributed by atoms with van der Waals surface area (Å²) < 4.78 is 5.46. The van der Waals surface area contributed by atoms with Crippen LogP contribution in [0.25, 0.3) is 0 Å². The first-order valence-corrected chi connectivity index (χ1v) is 7.13. The number of nitrogens with two attached hydrogens (primary N) is 1. The predicted octanol–water partition coefficient (Wildman–Crippen LogP) is 1.59. The van der Waals surface area contributed by atoms with Crippen LogP contribution in [-0.4, -0.2) is 49.7 Å². The van der Waals surface area contributed by atoms with Crippen LogP contribution in [-0.2, 0) is 9.53 Å². The molecule has 1 aromatic rings. The van der Waals surface area contributed by atoms with Gasteiger partial charge in [-0.1, -0.05) is 29.3 Å². The minimum atomic E-state index is -0.133. The summed E-state index contributed by atoms with van der Waals surface area (Å²) in [6.45, 7) is 2.70. The molecule has 1 aromatic carbocycles. The molecule has 1 heterocycles. The zero-order chi connectivity index (χ0) is 14.5. The van der Waals surface area contributed by atoms with Crippen molar-refractivity contribution >= 4 is 34.8 Å². The predicted molar refractivity (Wildman–Crippen MR) is 80.3 cm³/mol. The third kappa shape index (κ3) is 4.07. The Balaban J connectivity index is 1.90. The second-order valence-corrected chi connectivity index (χ2v) is 5.40. The lowest BCUT2D eigenvalue weighted by Gasteiger charge is -2.31. The number of hydrogen-bond donors (Lipinski definition) is 2. The summed E-state index contributed by atoms with van der Waals surface area (Å²) in [6.07, 6.45) is -0.00805. The monoisotopic (exact) mass is 317 g/mol. The molecule has 2 rings (SSSR count). The van der Waals surface area contributed by atoms with Crippen LogP contribution in [0, 0.1) is 0 Å². The van der Waals surface area contributed by atoms with E-state index in [1.807, 2.05) is 4.90 Å². The molecule has 0 saturated carbocycles. The Kier molecular flexibility index (Phi) is 5.63. The number of anilines is 1. The lowest BCUT2D eigenvalue weighted by Crippen LogP contribution is -2.48. The van der Waals surface area contributed by atoms with Crippen LogP contribution >= 0.6 is 23.2 Å². The van der Waals surface area contributed by atoms with Gasteiger partial charge >= 0.3 is 0 Å². The van der Waals surface area contributed by atoms with Gasteiger partial charge in [-0.05, 0) is 12.1 Å². The fourth-order valence-electron chi connectivity index (χ4n) is 2.06. The van der Waals surface area contributed by atoms with Crippen LogP contribution in [0.5, 0.6) is 0 Å². The molecule has 1 amide bonds. The van der Waals surface area contributed by atoms with Gasteiger partial charge in [0.1, 0.15) is 0 Å². The molecule has 110 valence electrons. The summed E-state index contributed by atoms with van der Waals surface area (Å²) in [6, 6.07) is 5.13. The fraction of sp³-hybridized carbons (Fsp3) is 0.462. The van der Waals surface area contributed by atoms with Crippen molar-refractivity contribution in [1.29, 1.82) is 0 Å². The number of carbonyl (C=O) groups excluding carboxylic acids is 1. The maximum Gasteiger partial charge on any atom is 0.238 e. The lowest BCUT2D eigenvalue weighted by molar-refractivity contribution is -0.119. The molecule has 1 atom stereocenters. The molecular weight excluding hydrogens is 301 g/mol. The first kappa shape index (κ1) is 15.5. The van der Waals surface area contributed by atoms with E-state index in [-0.39, 0.29) is 18.6 Å². The van der Waals surface area contributed by atoms with Gasteiger partial charge in [-0.25, -0.2) is 0 Å². The largest absolute Gasteiger partial charge is 0.374 e. The highest BCUT2D eigenvalue weighted by Gasteiger charge is 2.21. The average Bonchev–Trinajstić information content (AvgIpc) is 2.44. The maximum atomic E-state index is 12.0. The maximum absolute atomic E-state index is 12.0. The number of nitrogens with zero attached hydrogens (tertiary/aromatic N) is 1. The summed E-state index contributed by atoms with van der Waals surface area (Å²) >= 11 is 11.9. The highest BCUT2D eigenvalue weighted by Crippen LogP contribution is 2.29. The van der Waals surface area contributed by atoms with Crippen molar-refractivity contribution < 1.29 is 9.53 Å². The number of benzene rings is 1. The van der Waals surface area contributed by atoms with E-state index in [0.717, 1.165) is 0 Å². The van der Waals surface area contributed by atoms with Crippen LogP contribution in [0.15, 0.2) is 18.2 Å². The van der Waals surface area contributed by atoms with Crippen LogP contribution in [0.3, 0.4) is 0 Å². The molecule has 0 radical (unpaired) electrons. The number of morpholine rings is 1. The first-order chi connectivity index (χ1) is 9.60. The fourth-order valence-corrected chi connectivity index (χ4v) is 2.41. The van der Waals surface area contributed by atoms with Crippen molar-refractivity contribution in [3.8, 4) is 0 Å². The summed E-state index contributed by atoms with van der Waals surface area (Å²) in [7, 11) is 0. The summed E-state index contributed by atoms with van der Waals surface area (Å²) in [5.74, 6) is -0.133. The minimum absolute atomic E-state index is 0.00805. The van der Waals surface area contributed by atoms with Gasteiger partial charge in [0.15, 0.2) is 0 Å². The number of halogens is 2. The third-order valence-corrected chi connectivity index (χ3v) is 3.90. The third-order valence-electron chi connectivity index (χ3n) is 3.08. The van der Waals surface area contributed by atoms with Crippen LogP contribution in [0.2, 0.25) is 10.0 Å². The Morgan fingerprint density at radius 2 is 2.30 bits per heavy atom. The number of ether oxygens (including phenoxy) is 1. The highest BCUT2D eigenvalue weighted by molar-refractivity contribution is 6.43. The van der Waals surface area contributed by atoms with E-state index in [0.29, 0.717) is 42.0 Å². The second-order valence-electron chi connectivity index (χ2n) is 4.61. The van der Waals surface area contributed by atoms with Crippen LogP contribution < -0.4 is 11.1 Å². The van der Waals surface area contributed by atoms with Crippen molar-refractivity contribution in [2.45, 2.75) is 6.10 Å². The van der Waals surface area contributed by atoms with E-state index in [1.54, 1.807) is 18.2 Å². The van der Waals surface area contributed by atoms with E-state index in [2.05, 4.69) is 5.32 Å². The van der Waals surface area contributed by atoms with E-state index in [9.17, 15) is 4.79 Å². The summed E-state index contributed by atoms with van der Waals surface area (Å²) in [5, 5.41) is 3.53. The summed E-state index contributed by atoms with van der Waals surface area (Å²) in [4.78, 5) is 14.0. The van der Waals surface area contributed by atoms with Gasteiger partial charge in [-0.3, -0.25) is 9.69 Å². The molecule has 1 aliphatic rings. The topological polar surface area (TPSA) is 67.6 Å². The van der Waals surface area contributed by atoms with Crippen LogP contribution in [0.1, 0.15) is 0 Å². The smallest absolute Gasteiger partial charge is 0.238 e. The molecule has 5 nitrogen and oxygen atoms in total. The van der Waals surface area contributed by atoms with Crippen molar-refractivity contribution in [3.05, 3.63) is 28.2 Å². The molecule has 0 bridgehead atoms. The molecule has 0 aromatic heterocycles. The Bertz CT molecular complexity index is 485. The van der Waals surface area contributed by atoms with Gasteiger partial charge in [0.2, 0.25) is 5.91 Å².